The Bertz CT molecular complexity index is 881. The number of amides is 2. The lowest BCUT2D eigenvalue weighted by molar-refractivity contribution is -0.123. The number of benzene rings is 2. The SMILES string of the molecule is O=C1CN(C(=O)CN2CCC(Oc3ccccc3Cl)CC2)c2ccccc2N1. The largest absolute Gasteiger partial charge is 0.489 e. The van der Waals surface area contributed by atoms with Gasteiger partial charge in [-0.1, -0.05) is 35.9 Å². The molecule has 0 aromatic heterocycles. The summed E-state index contributed by atoms with van der Waals surface area (Å²) >= 11 is 6.16. The summed E-state index contributed by atoms with van der Waals surface area (Å²) in [6.07, 6.45) is 1.75. The van der Waals surface area contributed by atoms with E-state index in [-0.39, 0.29) is 24.5 Å². The Morgan fingerprint density at radius 3 is 2.61 bits per heavy atom. The van der Waals surface area contributed by atoms with Gasteiger partial charge in [0.2, 0.25) is 11.8 Å². The monoisotopic (exact) mass is 399 g/mol. The standard InChI is InChI=1S/C21H22ClN3O3/c22-16-5-1-4-8-19(16)28-15-9-11-24(12-10-15)14-21(27)25-13-20(26)23-17-6-2-3-7-18(17)25/h1-8,15H,9-14H2,(H,23,26). The molecule has 2 aliphatic rings. The highest BCUT2D eigenvalue weighted by molar-refractivity contribution is 6.32. The molecule has 0 unspecified atom stereocenters. The third kappa shape index (κ3) is 4.13. The summed E-state index contributed by atoms with van der Waals surface area (Å²) in [5, 5.41) is 3.42. The van der Waals surface area contributed by atoms with Crippen LogP contribution >= 0.6 is 11.6 Å². The quantitative estimate of drug-likeness (QED) is 0.857. The first kappa shape index (κ1) is 18.8. The molecule has 2 aliphatic heterocycles. The number of hydrogen-bond acceptors (Lipinski definition) is 4. The summed E-state index contributed by atoms with van der Waals surface area (Å²) < 4.78 is 6.01. The zero-order chi connectivity index (χ0) is 19.5. The molecular formula is C21H22ClN3O3. The zero-order valence-corrected chi connectivity index (χ0v) is 16.2. The van der Waals surface area contributed by atoms with Crippen molar-refractivity contribution in [3.63, 3.8) is 0 Å². The lowest BCUT2D eigenvalue weighted by Gasteiger charge is -2.34. The van der Waals surface area contributed by atoms with Gasteiger partial charge in [-0.3, -0.25) is 19.4 Å². The van der Waals surface area contributed by atoms with Crippen molar-refractivity contribution in [1.29, 1.82) is 0 Å². The molecule has 1 N–H and O–H groups in total. The van der Waals surface area contributed by atoms with E-state index in [9.17, 15) is 9.59 Å². The van der Waals surface area contributed by atoms with Crippen LogP contribution in [0.15, 0.2) is 48.5 Å². The lowest BCUT2D eigenvalue weighted by atomic mass is 10.1. The molecule has 2 aromatic rings. The fourth-order valence-corrected chi connectivity index (χ4v) is 3.82. The van der Waals surface area contributed by atoms with Crippen molar-refractivity contribution in [1.82, 2.24) is 4.90 Å². The highest BCUT2D eigenvalue weighted by atomic mass is 35.5. The van der Waals surface area contributed by atoms with Crippen molar-refractivity contribution in [3.05, 3.63) is 53.6 Å². The number of anilines is 2. The average Bonchev–Trinajstić information content (AvgIpc) is 2.70. The van der Waals surface area contributed by atoms with Crippen LogP contribution in [0.3, 0.4) is 0 Å². The molecule has 2 aromatic carbocycles. The maximum absolute atomic E-state index is 12.8. The van der Waals surface area contributed by atoms with Gasteiger partial charge in [0.05, 0.1) is 22.9 Å². The first-order valence-corrected chi connectivity index (χ1v) is 9.81. The molecule has 0 radical (unpaired) electrons. The van der Waals surface area contributed by atoms with Crippen molar-refractivity contribution >= 4 is 34.8 Å². The van der Waals surface area contributed by atoms with Gasteiger partial charge in [0.1, 0.15) is 18.4 Å². The Labute approximate surface area is 169 Å². The van der Waals surface area contributed by atoms with Gasteiger partial charge in [-0.15, -0.1) is 0 Å². The number of ether oxygens (including phenoxy) is 1. The Hall–Kier alpha value is -2.57. The summed E-state index contributed by atoms with van der Waals surface area (Å²) in [7, 11) is 0. The normalized spacial score (nSPS) is 17.8. The van der Waals surface area contributed by atoms with E-state index in [0.29, 0.717) is 23.0 Å². The van der Waals surface area contributed by atoms with Crippen molar-refractivity contribution in [2.24, 2.45) is 0 Å². The van der Waals surface area contributed by atoms with Gasteiger partial charge in [0.15, 0.2) is 0 Å². The number of piperidine rings is 1. The van der Waals surface area contributed by atoms with E-state index in [1.165, 1.54) is 0 Å². The van der Waals surface area contributed by atoms with Crippen LogP contribution in [-0.4, -0.2) is 49.0 Å². The van der Waals surface area contributed by atoms with Crippen LogP contribution in [0.25, 0.3) is 0 Å². The molecule has 4 rings (SSSR count). The smallest absolute Gasteiger partial charge is 0.244 e. The molecule has 0 spiro atoms. The Balaban J connectivity index is 1.33. The minimum Gasteiger partial charge on any atom is -0.489 e. The molecule has 146 valence electrons. The molecule has 1 saturated heterocycles. The number of carbonyl (C=O) groups excluding carboxylic acids is 2. The second kappa shape index (κ2) is 8.20. The topological polar surface area (TPSA) is 61.9 Å². The van der Waals surface area contributed by atoms with Crippen molar-refractivity contribution in [3.8, 4) is 5.75 Å². The second-order valence-corrected chi connectivity index (χ2v) is 7.48. The van der Waals surface area contributed by atoms with Gasteiger partial charge in [0, 0.05) is 13.1 Å². The van der Waals surface area contributed by atoms with Crippen LogP contribution in [0.5, 0.6) is 5.75 Å². The van der Waals surface area contributed by atoms with Gasteiger partial charge in [-0.2, -0.15) is 0 Å². The minimum absolute atomic E-state index is 0.0575. The molecule has 1 fully saturated rings. The van der Waals surface area contributed by atoms with Crippen LogP contribution in [0.4, 0.5) is 11.4 Å². The molecule has 7 heteroatoms. The fraction of sp³-hybridized carbons (Fsp3) is 0.333. The highest BCUT2D eigenvalue weighted by Gasteiger charge is 2.29. The third-order valence-corrected chi connectivity index (χ3v) is 5.41. The molecule has 28 heavy (non-hydrogen) atoms. The van der Waals surface area contributed by atoms with Crippen molar-refractivity contribution < 1.29 is 14.3 Å². The molecule has 0 saturated carbocycles. The Morgan fingerprint density at radius 2 is 1.82 bits per heavy atom. The van der Waals surface area contributed by atoms with E-state index < -0.39 is 0 Å². The summed E-state index contributed by atoms with van der Waals surface area (Å²) in [4.78, 5) is 28.5. The van der Waals surface area contributed by atoms with Gasteiger partial charge in [-0.25, -0.2) is 0 Å². The maximum Gasteiger partial charge on any atom is 0.244 e. The van der Waals surface area contributed by atoms with Crippen LogP contribution in [0.2, 0.25) is 5.02 Å². The van der Waals surface area contributed by atoms with Crippen molar-refractivity contribution in [2.75, 3.05) is 36.4 Å². The summed E-state index contributed by atoms with van der Waals surface area (Å²) in [5.41, 5.74) is 1.43. The molecule has 0 bridgehead atoms. The zero-order valence-electron chi connectivity index (χ0n) is 15.4. The number of rotatable bonds is 4. The first-order valence-electron chi connectivity index (χ1n) is 9.43. The summed E-state index contributed by atoms with van der Waals surface area (Å²) in [5.74, 6) is 0.473. The van der Waals surface area contributed by atoms with Crippen LogP contribution < -0.4 is 15.0 Å². The lowest BCUT2D eigenvalue weighted by Crippen LogP contribution is -2.48. The number of halogens is 1. The molecule has 2 heterocycles. The third-order valence-electron chi connectivity index (χ3n) is 5.10. The van der Waals surface area contributed by atoms with Gasteiger partial charge in [-0.05, 0) is 37.1 Å². The highest BCUT2D eigenvalue weighted by Crippen LogP contribution is 2.30. The average molecular weight is 400 g/mol. The number of fused-ring (bicyclic) bond motifs is 1. The Kier molecular flexibility index (Phi) is 5.50. The number of carbonyl (C=O) groups is 2. The molecule has 0 atom stereocenters. The second-order valence-electron chi connectivity index (χ2n) is 7.07. The minimum atomic E-state index is -0.168. The fourth-order valence-electron chi connectivity index (χ4n) is 3.64. The van der Waals surface area contributed by atoms with Crippen LogP contribution in [0, 0.1) is 0 Å². The Morgan fingerprint density at radius 1 is 1.11 bits per heavy atom. The van der Waals surface area contributed by atoms with E-state index >= 15 is 0 Å². The molecule has 2 amide bonds. The number of para-hydroxylation sites is 3. The van der Waals surface area contributed by atoms with Crippen LogP contribution in [0.1, 0.15) is 12.8 Å². The van der Waals surface area contributed by atoms with Gasteiger partial charge >= 0.3 is 0 Å². The molecule has 6 nitrogen and oxygen atoms in total. The van der Waals surface area contributed by atoms with E-state index in [4.69, 9.17) is 16.3 Å². The summed E-state index contributed by atoms with van der Waals surface area (Å²) in [6.45, 7) is 1.88. The predicted octanol–water partition coefficient (Wildman–Crippen LogP) is 3.17. The number of hydrogen-bond donors (Lipinski definition) is 1. The number of nitrogens with one attached hydrogen (secondary N) is 1. The first-order chi connectivity index (χ1) is 13.6. The van der Waals surface area contributed by atoms with E-state index in [0.717, 1.165) is 31.6 Å². The summed E-state index contributed by atoms with van der Waals surface area (Å²) in [6, 6.07) is 14.9. The van der Waals surface area contributed by atoms with E-state index in [1.54, 1.807) is 4.90 Å². The number of likely N-dealkylation sites (tertiary alicyclic amines) is 1. The predicted molar refractivity (Wildman–Crippen MR) is 109 cm³/mol. The number of nitrogens with zero attached hydrogens (tertiary/aromatic N) is 2. The molecule has 0 aliphatic carbocycles. The van der Waals surface area contributed by atoms with E-state index in [2.05, 4.69) is 10.2 Å². The van der Waals surface area contributed by atoms with Gasteiger partial charge in [0.25, 0.3) is 0 Å². The van der Waals surface area contributed by atoms with Gasteiger partial charge < -0.3 is 10.1 Å². The van der Waals surface area contributed by atoms with Crippen molar-refractivity contribution in [2.45, 2.75) is 18.9 Å². The van der Waals surface area contributed by atoms with E-state index in [1.807, 2.05) is 48.5 Å². The maximum atomic E-state index is 12.8. The molecular weight excluding hydrogens is 378 g/mol. The van der Waals surface area contributed by atoms with Crippen LogP contribution in [-0.2, 0) is 9.59 Å².